The Balaban J connectivity index is 1.78. The summed E-state index contributed by atoms with van der Waals surface area (Å²) in [6, 6.07) is -0.917. The second-order valence-electron chi connectivity index (χ2n) is 9.28. The molecule has 33 heavy (non-hydrogen) atoms. The van der Waals surface area contributed by atoms with Gasteiger partial charge in [0.05, 0.1) is 12.5 Å². The van der Waals surface area contributed by atoms with Gasteiger partial charge in [-0.3, -0.25) is 14.4 Å². The molecule has 0 aromatic carbocycles. The van der Waals surface area contributed by atoms with Crippen LogP contribution in [0.15, 0.2) is 0 Å². The lowest BCUT2D eigenvalue weighted by Gasteiger charge is -2.33. The molecule has 0 spiro atoms. The molecule has 3 amide bonds. The zero-order chi connectivity index (χ0) is 24.1. The van der Waals surface area contributed by atoms with Gasteiger partial charge in [-0.05, 0) is 57.5 Å². The molecule has 0 saturated carbocycles. The van der Waals surface area contributed by atoms with Crippen molar-refractivity contribution in [2.24, 2.45) is 11.8 Å². The van der Waals surface area contributed by atoms with Crippen molar-refractivity contribution in [3.8, 4) is 0 Å². The molecule has 9 heteroatoms. The summed E-state index contributed by atoms with van der Waals surface area (Å²) in [6.45, 7) is 6.81. The molecular weight excluding hydrogens is 424 g/mol. The predicted octanol–water partition coefficient (Wildman–Crippen LogP) is 1.36. The van der Waals surface area contributed by atoms with Gasteiger partial charge in [0, 0.05) is 33.0 Å². The summed E-state index contributed by atoms with van der Waals surface area (Å²) in [5.74, 6) is -0.674. The van der Waals surface area contributed by atoms with Crippen molar-refractivity contribution in [3.05, 3.63) is 0 Å². The van der Waals surface area contributed by atoms with Gasteiger partial charge >= 0.3 is 5.97 Å². The number of esters is 1. The van der Waals surface area contributed by atoms with Gasteiger partial charge in [0.1, 0.15) is 6.04 Å². The Hall–Kier alpha value is -2.16. The number of carbonyl (C=O) groups excluding carboxylic acids is 4. The monoisotopic (exact) mass is 466 g/mol. The number of nitrogens with zero attached hydrogens (tertiary/aromatic N) is 1. The van der Waals surface area contributed by atoms with E-state index in [1.807, 2.05) is 4.90 Å². The highest BCUT2D eigenvalue weighted by atomic mass is 16.5. The average molecular weight is 467 g/mol. The highest BCUT2D eigenvalue weighted by Gasteiger charge is 2.30. The van der Waals surface area contributed by atoms with Crippen LogP contribution in [0.1, 0.15) is 71.6 Å². The fourth-order valence-corrected chi connectivity index (χ4v) is 4.48. The van der Waals surface area contributed by atoms with E-state index in [4.69, 9.17) is 4.74 Å². The van der Waals surface area contributed by atoms with Crippen molar-refractivity contribution in [3.63, 3.8) is 0 Å². The molecule has 2 aliphatic rings. The standard InChI is InChI=1S/C24H42N4O5/c1-3-4-5-15-33-24(32)21(27-18(2)29)16-26-23(31)20-7-6-14-28(17-20)22(30)9-8-19-10-12-25-13-11-19/h19-21,25H,3-17H2,1-2H3,(H,26,31)(H,27,29)/t20-,21+/m1/s1. The smallest absolute Gasteiger partial charge is 0.330 e. The largest absolute Gasteiger partial charge is 0.464 e. The maximum atomic E-state index is 12.8. The van der Waals surface area contributed by atoms with Crippen LogP contribution in [0.2, 0.25) is 0 Å². The Morgan fingerprint density at radius 3 is 2.58 bits per heavy atom. The summed E-state index contributed by atoms with van der Waals surface area (Å²) < 4.78 is 5.25. The zero-order valence-corrected chi connectivity index (χ0v) is 20.3. The van der Waals surface area contributed by atoms with E-state index in [1.165, 1.54) is 6.92 Å². The summed E-state index contributed by atoms with van der Waals surface area (Å²) in [4.78, 5) is 51.1. The molecule has 2 fully saturated rings. The average Bonchev–Trinajstić information content (AvgIpc) is 2.83. The first kappa shape index (κ1) is 27.1. The van der Waals surface area contributed by atoms with Gasteiger partial charge in [0.25, 0.3) is 0 Å². The zero-order valence-electron chi connectivity index (χ0n) is 20.3. The minimum absolute atomic E-state index is 0.0226. The summed E-state index contributed by atoms with van der Waals surface area (Å²) in [6.07, 6.45) is 7.92. The van der Waals surface area contributed by atoms with Crippen LogP contribution in [0.3, 0.4) is 0 Å². The molecule has 0 aromatic heterocycles. The van der Waals surface area contributed by atoms with Crippen LogP contribution < -0.4 is 16.0 Å². The van der Waals surface area contributed by atoms with E-state index in [0.29, 0.717) is 38.5 Å². The number of unbranched alkanes of at least 4 members (excludes halogenated alkanes) is 2. The fourth-order valence-electron chi connectivity index (χ4n) is 4.48. The normalized spacial score (nSPS) is 20.1. The van der Waals surface area contributed by atoms with E-state index in [0.717, 1.165) is 58.0 Å². The van der Waals surface area contributed by atoms with Gasteiger partial charge in [-0.15, -0.1) is 0 Å². The SMILES string of the molecule is CCCCCOC(=O)[C@H](CNC(=O)[C@@H]1CCCN(C(=O)CCC2CCNCC2)C1)NC(C)=O. The van der Waals surface area contributed by atoms with Crippen LogP contribution in [-0.2, 0) is 23.9 Å². The number of hydrogen-bond acceptors (Lipinski definition) is 6. The van der Waals surface area contributed by atoms with Crippen LogP contribution in [0, 0.1) is 11.8 Å². The van der Waals surface area contributed by atoms with E-state index in [9.17, 15) is 19.2 Å². The van der Waals surface area contributed by atoms with Gasteiger partial charge in [-0.25, -0.2) is 4.79 Å². The molecule has 0 aromatic rings. The molecule has 2 atom stereocenters. The second-order valence-corrected chi connectivity index (χ2v) is 9.28. The van der Waals surface area contributed by atoms with Gasteiger partial charge in [-0.1, -0.05) is 19.8 Å². The first-order chi connectivity index (χ1) is 15.9. The lowest BCUT2D eigenvalue weighted by atomic mass is 9.92. The quantitative estimate of drug-likeness (QED) is 0.295. The van der Waals surface area contributed by atoms with Gasteiger partial charge in [0.15, 0.2) is 0 Å². The summed E-state index contributed by atoms with van der Waals surface area (Å²) in [7, 11) is 0. The first-order valence-electron chi connectivity index (χ1n) is 12.6. The highest BCUT2D eigenvalue weighted by Crippen LogP contribution is 2.21. The van der Waals surface area contributed by atoms with E-state index < -0.39 is 12.0 Å². The Bertz CT molecular complexity index is 651. The first-order valence-corrected chi connectivity index (χ1v) is 12.6. The number of rotatable bonds is 12. The minimum atomic E-state index is -0.917. The Morgan fingerprint density at radius 1 is 1.12 bits per heavy atom. The number of hydrogen-bond donors (Lipinski definition) is 3. The third kappa shape index (κ3) is 10.1. The van der Waals surface area contributed by atoms with Crippen molar-refractivity contribution in [1.29, 1.82) is 0 Å². The minimum Gasteiger partial charge on any atom is -0.464 e. The second kappa shape index (κ2) is 14.9. The van der Waals surface area contributed by atoms with Crippen LogP contribution in [0.5, 0.6) is 0 Å². The molecule has 9 nitrogen and oxygen atoms in total. The van der Waals surface area contributed by atoms with Crippen LogP contribution in [0.25, 0.3) is 0 Å². The topological polar surface area (TPSA) is 117 Å². The summed E-state index contributed by atoms with van der Waals surface area (Å²) in [5.41, 5.74) is 0. The number of nitrogens with one attached hydrogen (secondary N) is 3. The van der Waals surface area contributed by atoms with E-state index in [1.54, 1.807) is 0 Å². The Kier molecular flexibility index (Phi) is 12.2. The fraction of sp³-hybridized carbons (Fsp3) is 0.833. The van der Waals surface area contributed by atoms with Crippen LogP contribution >= 0.6 is 0 Å². The van der Waals surface area contributed by atoms with E-state index in [2.05, 4.69) is 22.9 Å². The van der Waals surface area contributed by atoms with Crippen molar-refractivity contribution in [1.82, 2.24) is 20.9 Å². The summed E-state index contributed by atoms with van der Waals surface area (Å²) in [5, 5.41) is 8.68. The maximum Gasteiger partial charge on any atom is 0.330 e. The lowest BCUT2D eigenvalue weighted by Crippen LogP contribution is -2.51. The Morgan fingerprint density at radius 2 is 1.88 bits per heavy atom. The van der Waals surface area contributed by atoms with Gasteiger partial charge in [-0.2, -0.15) is 0 Å². The van der Waals surface area contributed by atoms with Crippen LogP contribution in [-0.4, -0.2) is 74.0 Å². The van der Waals surface area contributed by atoms with Crippen molar-refractivity contribution in [2.45, 2.75) is 77.7 Å². The molecule has 188 valence electrons. The highest BCUT2D eigenvalue weighted by molar-refractivity contribution is 5.85. The van der Waals surface area contributed by atoms with Crippen LogP contribution in [0.4, 0.5) is 0 Å². The molecule has 2 aliphatic heterocycles. The Labute approximate surface area is 197 Å². The molecule has 0 bridgehead atoms. The molecule has 2 heterocycles. The summed E-state index contributed by atoms with van der Waals surface area (Å²) >= 11 is 0. The van der Waals surface area contributed by atoms with Crippen molar-refractivity contribution >= 4 is 23.7 Å². The third-order valence-corrected chi connectivity index (χ3v) is 6.50. The number of ether oxygens (including phenoxy) is 1. The maximum absolute atomic E-state index is 12.8. The van der Waals surface area contributed by atoms with E-state index in [-0.39, 0.29) is 30.2 Å². The number of carbonyl (C=O) groups is 4. The van der Waals surface area contributed by atoms with Gasteiger partial charge < -0.3 is 25.6 Å². The molecular formula is C24H42N4O5. The molecule has 2 saturated heterocycles. The predicted molar refractivity (Wildman–Crippen MR) is 125 cm³/mol. The number of piperidine rings is 2. The third-order valence-electron chi connectivity index (χ3n) is 6.50. The molecule has 0 radical (unpaired) electrons. The van der Waals surface area contributed by atoms with E-state index >= 15 is 0 Å². The number of likely N-dealkylation sites (tertiary alicyclic amines) is 1. The lowest BCUT2D eigenvalue weighted by molar-refractivity contribution is -0.147. The van der Waals surface area contributed by atoms with Gasteiger partial charge in [0.2, 0.25) is 17.7 Å². The molecule has 0 aliphatic carbocycles. The molecule has 2 rings (SSSR count). The number of amides is 3. The molecule has 0 unspecified atom stereocenters. The van der Waals surface area contributed by atoms with Crippen molar-refractivity contribution in [2.75, 3.05) is 39.3 Å². The molecule has 3 N–H and O–H groups in total. The van der Waals surface area contributed by atoms with Crippen molar-refractivity contribution < 1.29 is 23.9 Å².